The number of rotatable bonds is 5. The largest absolute Gasteiger partial charge is 0.273 e. The molecule has 0 radical (unpaired) electrons. The third kappa shape index (κ3) is 3.72. The van der Waals surface area contributed by atoms with E-state index >= 15 is 0 Å². The Morgan fingerprint density at radius 1 is 1.10 bits per heavy atom. The average molecular weight is 284 g/mol. The number of nitrogens with zero attached hydrogens (tertiary/aromatic N) is 2. The van der Waals surface area contributed by atoms with Gasteiger partial charge in [-0.3, -0.25) is 4.79 Å². The fourth-order valence-electron chi connectivity index (χ4n) is 3.41. The molecule has 0 atom stereocenters. The Morgan fingerprint density at radius 3 is 2.62 bits per heavy atom. The fraction of sp³-hybridized carbons (Fsp3) is 0.556. The van der Waals surface area contributed by atoms with Crippen molar-refractivity contribution >= 4 is 11.6 Å². The normalized spacial score (nSPS) is 19.9. The summed E-state index contributed by atoms with van der Waals surface area (Å²) in [6.45, 7) is 0.754. The maximum atomic E-state index is 12.1. The molecule has 1 aromatic carbocycles. The van der Waals surface area contributed by atoms with Crippen molar-refractivity contribution < 1.29 is 4.79 Å². The molecular formula is C18H24N2O. The highest BCUT2D eigenvalue weighted by Gasteiger charge is 2.29. The predicted molar refractivity (Wildman–Crippen MR) is 85.1 cm³/mol. The van der Waals surface area contributed by atoms with E-state index in [2.05, 4.69) is 29.4 Å². The van der Waals surface area contributed by atoms with Crippen molar-refractivity contribution in [2.45, 2.75) is 51.4 Å². The van der Waals surface area contributed by atoms with Gasteiger partial charge >= 0.3 is 0 Å². The minimum absolute atomic E-state index is 0.198. The molecule has 0 aromatic heterocycles. The number of amides is 1. The molecule has 1 aliphatic heterocycles. The topological polar surface area (TPSA) is 32.7 Å². The maximum Gasteiger partial charge on any atom is 0.248 e. The molecule has 1 saturated carbocycles. The van der Waals surface area contributed by atoms with Crippen LogP contribution in [0.4, 0.5) is 0 Å². The third-order valence-corrected chi connectivity index (χ3v) is 4.62. The van der Waals surface area contributed by atoms with E-state index in [1.54, 1.807) is 5.01 Å². The van der Waals surface area contributed by atoms with Crippen molar-refractivity contribution in [2.24, 2.45) is 11.0 Å². The highest BCUT2D eigenvalue weighted by molar-refractivity contribution is 6.06. The number of hydrogen-bond acceptors (Lipinski definition) is 2. The van der Waals surface area contributed by atoms with Crippen molar-refractivity contribution in [2.75, 3.05) is 6.54 Å². The molecule has 0 bridgehead atoms. The smallest absolute Gasteiger partial charge is 0.248 e. The van der Waals surface area contributed by atoms with E-state index in [4.69, 9.17) is 0 Å². The molecule has 1 fully saturated rings. The molecule has 3 rings (SSSR count). The zero-order valence-electron chi connectivity index (χ0n) is 12.6. The Labute approximate surface area is 127 Å². The lowest BCUT2D eigenvalue weighted by molar-refractivity contribution is -0.128. The Kier molecular flexibility index (Phi) is 4.69. The van der Waals surface area contributed by atoms with Crippen LogP contribution < -0.4 is 0 Å². The van der Waals surface area contributed by atoms with Gasteiger partial charge in [0.2, 0.25) is 5.91 Å². The van der Waals surface area contributed by atoms with Gasteiger partial charge in [-0.1, -0.05) is 49.6 Å². The van der Waals surface area contributed by atoms with Gasteiger partial charge in [0.15, 0.2) is 0 Å². The lowest BCUT2D eigenvalue weighted by atomic mass is 9.85. The number of benzene rings is 1. The van der Waals surface area contributed by atoms with E-state index in [0.29, 0.717) is 12.3 Å². The first-order valence-corrected chi connectivity index (χ1v) is 8.24. The lowest BCUT2D eigenvalue weighted by Gasteiger charge is -2.20. The van der Waals surface area contributed by atoms with Gasteiger partial charge in [-0.05, 0) is 37.2 Å². The summed E-state index contributed by atoms with van der Waals surface area (Å²) in [5.41, 5.74) is 2.49. The summed E-state index contributed by atoms with van der Waals surface area (Å²) in [7, 11) is 0. The highest BCUT2D eigenvalue weighted by Crippen LogP contribution is 2.28. The molecule has 3 nitrogen and oxygen atoms in total. The molecular weight excluding hydrogens is 260 g/mol. The zero-order valence-corrected chi connectivity index (χ0v) is 12.6. The number of aryl methyl sites for hydroxylation is 1. The van der Waals surface area contributed by atoms with Crippen LogP contribution in [0.1, 0.15) is 50.5 Å². The van der Waals surface area contributed by atoms with E-state index in [-0.39, 0.29) is 5.91 Å². The van der Waals surface area contributed by atoms with Gasteiger partial charge < -0.3 is 0 Å². The molecule has 0 N–H and O–H groups in total. The maximum absolute atomic E-state index is 12.1. The van der Waals surface area contributed by atoms with Crippen molar-refractivity contribution in [1.82, 2.24) is 5.01 Å². The zero-order chi connectivity index (χ0) is 14.5. The standard InChI is InChI=1S/C18H24N2O/c21-18-14-17(16-11-5-2-6-12-16)19-20(18)13-7-10-15-8-3-1-4-9-15/h1,3-4,8-9,16H,2,5-7,10-14H2. The Hall–Kier alpha value is -1.64. The summed E-state index contributed by atoms with van der Waals surface area (Å²) >= 11 is 0. The van der Waals surface area contributed by atoms with Crippen LogP contribution in [0.2, 0.25) is 0 Å². The van der Waals surface area contributed by atoms with E-state index in [9.17, 15) is 4.79 Å². The summed E-state index contributed by atoms with van der Waals surface area (Å²) in [4.78, 5) is 12.1. The van der Waals surface area contributed by atoms with Crippen LogP contribution in [0.25, 0.3) is 0 Å². The van der Waals surface area contributed by atoms with Gasteiger partial charge in [0, 0.05) is 6.54 Å². The summed E-state index contributed by atoms with van der Waals surface area (Å²) in [6, 6.07) is 10.4. The molecule has 2 aliphatic rings. The fourth-order valence-corrected chi connectivity index (χ4v) is 3.41. The second-order valence-electron chi connectivity index (χ2n) is 6.21. The van der Waals surface area contributed by atoms with Gasteiger partial charge in [0.1, 0.15) is 0 Å². The Balaban J connectivity index is 1.50. The molecule has 0 spiro atoms. The van der Waals surface area contributed by atoms with Crippen molar-refractivity contribution in [3.05, 3.63) is 35.9 Å². The first-order chi connectivity index (χ1) is 10.3. The van der Waals surface area contributed by atoms with Crippen LogP contribution in [-0.4, -0.2) is 23.2 Å². The van der Waals surface area contributed by atoms with Gasteiger partial charge in [-0.2, -0.15) is 5.10 Å². The minimum Gasteiger partial charge on any atom is -0.273 e. The molecule has 3 heteroatoms. The number of hydrogen-bond donors (Lipinski definition) is 0. The van der Waals surface area contributed by atoms with Gasteiger partial charge in [0.05, 0.1) is 12.1 Å². The van der Waals surface area contributed by atoms with E-state index in [1.807, 2.05) is 6.07 Å². The van der Waals surface area contributed by atoms with Crippen LogP contribution >= 0.6 is 0 Å². The van der Waals surface area contributed by atoms with E-state index < -0.39 is 0 Å². The van der Waals surface area contributed by atoms with Gasteiger partial charge in [-0.15, -0.1) is 0 Å². The monoisotopic (exact) mass is 284 g/mol. The first kappa shape index (κ1) is 14.3. The van der Waals surface area contributed by atoms with Crippen LogP contribution in [0.5, 0.6) is 0 Å². The minimum atomic E-state index is 0.198. The number of carbonyl (C=O) groups excluding carboxylic acids is 1. The molecule has 0 saturated heterocycles. The molecule has 1 amide bonds. The van der Waals surface area contributed by atoms with Crippen molar-refractivity contribution in [3.8, 4) is 0 Å². The molecule has 112 valence electrons. The Bertz CT molecular complexity index is 503. The quantitative estimate of drug-likeness (QED) is 0.809. The van der Waals surface area contributed by atoms with E-state index in [0.717, 1.165) is 25.1 Å². The third-order valence-electron chi connectivity index (χ3n) is 4.62. The van der Waals surface area contributed by atoms with Crippen LogP contribution in [0.3, 0.4) is 0 Å². The van der Waals surface area contributed by atoms with Crippen LogP contribution in [0.15, 0.2) is 35.4 Å². The van der Waals surface area contributed by atoms with Crippen molar-refractivity contribution in [3.63, 3.8) is 0 Å². The molecule has 0 unspecified atom stereocenters. The highest BCUT2D eigenvalue weighted by atomic mass is 16.2. The van der Waals surface area contributed by atoms with E-state index in [1.165, 1.54) is 37.7 Å². The predicted octanol–water partition coefficient (Wildman–Crippen LogP) is 3.79. The van der Waals surface area contributed by atoms with Gasteiger partial charge in [-0.25, -0.2) is 5.01 Å². The summed E-state index contributed by atoms with van der Waals surface area (Å²) in [5, 5.41) is 6.34. The van der Waals surface area contributed by atoms with Crippen molar-refractivity contribution in [1.29, 1.82) is 0 Å². The average Bonchev–Trinajstić information content (AvgIpc) is 2.91. The summed E-state index contributed by atoms with van der Waals surface area (Å²) in [6.07, 6.45) is 8.95. The lowest BCUT2D eigenvalue weighted by Crippen LogP contribution is -2.22. The summed E-state index contributed by atoms with van der Waals surface area (Å²) < 4.78 is 0. The summed E-state index contributed by atoms with van der Waals surface area (Å²) in [5.74, 6) is 0.769. The number of hydrazone groups is 1. The van der Waals surface area contributed by atoms with Crippen LogP contribution in [-0.2, 0) is 11.2 Å². The molecule has 1 aliphatic carbocycles. The molecule has 21 heavy (non-hydrogen) atoms. The first-order valence-electron chi connectivity index (χ1n) is 8.24. The van der Waals surface area contributed by atoms with Crippen LogP contribution in [0, 0.1) is 5.92 Å². The Morgan fingerprint density at radius 2 is 1.86 bits per heavy atom. The SMILES string of the molecule is O=C1CC(C2CCCCC2)=NN1CCCc1ccccc1. The van der Waals surface area contributed by atoms with Gasteiger partial charge in [0.25, 0.3) is 0 Å². The second kappa shape index (κ2) is 6.88. The molecule has 1 heterocycles. The second-order valence-corrected chi connectivity index (χ2v) is 6.21. The molecule has 1 aromatic rings. The number of carbonyl (C=O) groups is 1.